The summed E-state index contributed by atoms with van der Waals surface area (Å²) in [6.07, 6.45) is 1.000. The average Bonchev–Trinajstić information content (AvgIpc) is 2.74. The zero-order valence-electron chi connectivity index (χ0n) is 20.7. The second-order valence-electron chi connectivity index (χ2n) is 9.55. The Labute approximate surface area is 192 Å². The molecule has 1 aromatic rings. The van der Waals surface area contributed by atoms with Crippen molar-refractivity contribution < 1.29 is 23.2 Å². The zero-order valence-corrected chi connectivity index (χ0v) is 21.5. The first-order chi connectivity index (χ1) is 14.8. The third-order valence-electron chi connectivity index (χ3n) is 6.65. The van der Waals surface area contributed by atoms with Gasteiger partial charge in [-0.1, -0.05) is 13.8 Å². The lowest BCUT2D eigenvalue weighted by molar-refractivity contribution is -0.131. The van der Waals surface area contributed by atoms with Crippen LogP contribution in [-0.2, 0) is 14.8 Å². The zero-order chi connectivity index (χ0) is 24.4. The molecule has 1 heterocycles. The van der Waals surface area contributed by atoms with Crippen LogP contribution in [0.4, 0.5) is 5.69 Å². The minimum atomic E-state index is -3.92. The van der Waals surface area contributed by atoms with Crippen molar-refractivity contribution in [2.75, 3.05) is 37.7 Å². The maximum atomic E-state index is 13.0. The van der Waals surface area contributed by atoms with Crippen LogP contribution in [0.25, 0.3) is 0 Å². The van der Waals surface area contributed by atoms with Crippen LogP contribution >= 0.6 is 0 Å². The Morgan fingerprint density at radius 1 is 1.03 bits per heavy atom. The first-order valence-electron chi connectivity index (χ1n) is 11.2. The summed E-state index contributed by atoms with van der Waals surface area (Å²) in [6, 6.07) is 0. The predicted octanol–water partition coefficient (Wildman–Crippen LogP) is 3.08. The molecular formula is C23H39N3O5S. The van der Waals surface area contributed by atoms with E-state index in [0.717, 1.165) is 40.1 Å². The van der Waals surface area contributed by atoms with Crippen LogP contribution in [0.5, 0.6) is 5.75 Å². The Hall–Kier alpha value is -1.84. The topological polar surface area (TPSA) is 99.2 Å². The fraction of sp³-hybridized carbons (Fsp3) is 0.696. The van der Waals surface area contributed by atoms with Crippen molar-refractivity contribution in [1.82, 2.24) is 9.79 Å². The molecule has 1 saturated heterocycles. The number of piperazine rings is 1. The molecule has 9 heteroatoms. The van der Waals surface area contributed by atoms with Crippen LogP contribution in [-0.4, -0.2) is 61.4 Å². The quantitative estimate of drug-likeness (QED) is 0.448. The lowest BCUT2D eigenvalue weighted by atomic mass is 9.95. The number of nitrogens with one attached hydrogen (secondary N) is 1. The second-order valence-corrected chi connectivity index (χ2v) is 12.0. The summed E-state index contributed by atoms with van der Waals surface area (Å²) >= 11 is 0. The van der Waals surface area contributed by atoms with Gasteiger partial charge in [0.15, 0.2) is 4.75 Å². The summed E-state index contributed by atoms with van der Waals surface area (Å²) in [6.45, 7) is 17.6. The number of rotatable bonds is 8. The van der Waals surface area contributed by atoms with Gasteiger partial charge in [0.1, 0.15) is 5.75 Å². The number of carbonyl (C=O) groups excluding carboxylic acids is 1. The predicted molar refractivity (Wildman–Crippen MR) is 127 cm³/mol. The molecule has 1 fully saturated rings. The Morgan fingerprint density at radius 2 is 1.53 bits per heavy atom. The number of hydroxylamine groups is 1. The van der Waals surface area contributed by atoms with Gasteiger partial charge in [0.05, 0.1) is 6.61 Å². The summed E-state index contributed by atoms with van der Waals surface area (Å²) in [4.78, 5) is 14.1. The highest BCUT2D eigenvalue weighted by atomic mass is 32.2. The number of hydrogen-bond acceptors (Lipinski definition) is 6. The lowest BCUT2D eigenvalue weighted by Crippen LogP contribution is -2.58. The SMILES string of the molecule is Cc1c(C)c(N2CCN(S(=O)(=O)C(C)(C)C(=O)NO)CC2)c(C)c(C)c1OCCC(C)C. The number of carbonyl (C=O) groups is 1. The largest absolute Gasteiger partial charge is 0.493 e. The van der Waals surface area contributed by atoms with Gasteiger partial charge in [-0.25, -0.2) is 13.9 Å². The number of benzene rings is 1. The first-order valence-corrected chi connectivity index (χ1v) is 12.6. The van der Waals surface area contributed by atoms with Gasteiger partial charge in [0.2, 0.25) is 10.0 Å². The molecule has 0 saturated carbocycles. The third-order valence-corrected chi connectivity index (χ3v) is 9.17. The normalized spacial score (nSPS) is 15.9. The maximum absolute atomic E-state index is 13.0. The molecular weight excluding hydrogens is 430 g/mol. The molecule has 0 bridgehead atoms. The van der Waals surface area contributed by atoms with Crippen LogP contribution in [0.3, 0.4) is 0 Å². The minimum absolute atomic E-state index is 0.272. The van der Waals surface area contributed by atoms with Gasteiger partial charge in [-0.3, -0.25) is 10.0 Å². The molecule has 32 heavy (non-hydrogen) atoms. The molecule has 1 aliphatic heterocycles. The lowest BCUT2D eigenvalue weighted by Gasteiger charge is -2.40. The Kier molecular flexibility index (Phi) is 8.23. The van der Waals surface area contributed by atoms with Crippen molar-refractivity contribution >= 4 is 21.6 Å². The van der Waals surface area contributed by atoms with E-state index >= 15 is 0 Å². The van der Waals surface area contributed by atoms with Gasteiger partial charge in [-0.2, -0.15) is 4.31 Å². The van der Waals surface area contributed by atoms with Crippen LogP contribution in [0.2, 0.25) is 0 Å². The monoisotopic (exact) mass is 469 g/mol. The van der Waals surface area contributed by atoms with E-state index in [1.807, 2.05) is 0 Å². The minimum Gasteiger partial charge on any atom is -0.493 e. The van der Waals surface area contributed by atoms with E-state index in [1.54, 1.807) is 0 Å². The summed E-state index contributed by atoms with van der Waals surface area (Å²) in [7, 11) is -3.92. The number of amides is 1. The Balaban J connectivity index is 2.25. The van der Waals surface area contributed by atoms with Crippen molar-refractivity contribution in [2.24, 2.45) is 5.92 Å². The van der Waals surface area contributed by atoms with Gasteiger partial charge in [-0.05, 0) is 76.1 Å². The summed E-state index contributed by atoms with van der Waals surface area (Å²) in [5.41, 5.74) is 7.11. The van der Waals surface area contributed by atoms with E-state index in [9.17, 15) is 13.2 Å². The van der Waals surface area contributed by atoms with Gasteiger partial charge in [0, 0.05) is 31.9 Å². The van der Waals surface area contributed by atoms with E-state index in [0.29, 0.717) is 25.6 Å². The van der Waals surface area contributed by atoms with Crippen molar-refractivity contribution in [3.8, 4) is 5.75 Å². The molecule has 0 spiro atoms. The van der Waals surface area contributed by atoms with Gasteiger partial charge >= 0.3 is 0 Å². The van der Waals surface area contributed by atoms with E-state index in [-0.39, 0.29) is 13.1 Å². The highest BCUT2D eigenvalue weighted by molar-refractivity contribution is 7.91. The number of hydrogen-bond donors (Lipinski definition) is 2. The van der Waals surface area contributed by atoms with Gasteiger partial charge in [-0.15, -0.1) is 0 Å². The van der Waals surface area contributed by atoms with E-state index < -0.39 is 20.7 Å². The third kappa shape index (κ3) is 4.89. The van der Waals surface area contributed by atoms with Crippen LogP contribution in [0.1, 0.15) is 56.4 Å². The molecule has 182 valence electrons. The number of anilines is 1. The molecule has 0 aliphatic carbocycles. The number of nitrogens with zero attached hydrogens (tertiary/aromatic N) is 2. The molecule has 2 N–H and O–H groups in total. The molecule has 0 radical (unpaired) electrons. The van der Waals surface area contributed by atoms with Gasteiger partial charge in [0.25, 0.3) is 5.91 Å². The highest BCUT2D eigenvalue weighted by Crippen LogP contribution is 2.38. The van der Waals surface area contributed by atoms with E-state index in [4.69, 9.17) is 9.94 Å². The second kappa shape index (κ2) is 9.97. The van der Waals surface area contributed by atoms with Crippen molar-refractivity contribution in [2.45, 2.75) is 66.6 Å². The van der Waals surface area contributed by atoms with Crippen LogP contribution < -0.4 is 15.1 Å². The first kappa shape index (κ1) is 26.4. The Morgan fingerprint density at radius 3 is 1.97 bits per heavy atom. The maximum Gasteiger partial charge on any atom is 0.265 e. The number of sulfonamides is 1. The van der Waals surface area contributed by atoms with Crippen molar-refractivity contribution in [1.29, 1.82) is 0 Å². The molecule has 0 atom stereocenters. The molecule has 1 aliphatic rings. The van der Waals surface area contributed by atoms with Crippen LogP contribution in [0, 0.1) is 33.6 Å². The van der Waals surface area contributed by atoms with Crippen molar-refractivity contribution in [3.05, 3.63) is 22.3 Å². The highest BCUT2D eigenvalue weighted by Gasteiger charge is 2.46. The molecule has 2 rings (SSSR count). The molecule has 1 amide bonds. The fourth-order valence-electron chi connectivity index (χ4n) is 4.07. The molecule has 0 aromatic heterocycles. The standard InChI is InChI=1S/C23H39N3O5S/c1-15(2)9-14-31-21-18(5)16(3)20(17(4)19(21)6)25-10-12-26(13-11-25)32(29,30)23(7,8)22(27)24-28/h15,28H,9-14H2,1-8H3,(H,24,27). The number of ether oxygens (including phenoxy) is 1. The summed E-state index contributed by atoms with van der Waals surface area (Å²) in [5, 5.41) is 8.94. The van der Waals surface area contributed by atoms with E-state index in [2.05, 4.69) is 46.4 Å². The summed E-state index contributed by atoms with van der Waals surface area (Å²) in [5.74, 6) is 0.589. The Bertz CT molecular complexity index is 920. The van der Waals surface area contributed by atoms with E-state index in [1.165, 1.54) is 23.6 Å². The molecule has 0 unspecified atom stereocenters. The molecule has 8 nitrogen and oxygen atoms in total. The smallest absolute Gasteiger partial charge is 0.265 e. The average molecular weight is 470 g/mol. The fourth-order valence-corrected chi connectivity index (χ4v) is 5.64. The van der Waals surface area contributed by atoms with Crippen molar-refractivity contribution in [3.63, 3.8) is 0 Å². The summed E-state index contributed by atoms with van der Waals surface area (Å²) < 4.78 is 31.7. The molecule has 1 aromatic carbocycles. The van der Waals surface area contributed by atoms with Crippen LogP contribution in [0.15, 0.2) is 0 Å². The van der Waals surface area contributed by atoms with Gasteiger partial charge < -0.3 is 9.64 Å².